The highest BCUT2D eigenvalue weighted by Crippen LogP contribution is 2.09. The summed E-state index contributed by atoms with van der Waals surface area (Å²) in [6.07, 6.45) is 17.8. The molecule has 0 heterocycles. The summed E-state index contributed by atoms with van der Waals surface area (Å²) in [7, 11) is 0. The largest absolute Gasteiger partial charge is 0.355 e. The summed E-state index contributed by atoms with van der Waals surface area (Å²) < 4.78 is 0. The fraction of sp³-hybridized carbons (Fsp3) is 0.556. The van der Waals surface area contributed by atoms with Crippen LogP contribution in [-0.2, 0) is 0 Å². The van der Waals surface area contributed by atoms with Crippen molar-refractivity contribution in [3.05, 3.63) is 51.1 Å². The fourth-order valence-corrected chi connectivity index (χ4v) is 2.16. The summed E-state index contributed by atoms with van der Waals surface area (Å²) in [5, 5.41) is 0. The zero-order valence-electron chi connectivity index (χ0n) is 13.1. The minimum Gasteiger partial charge on any atom is -0.355 e. The van der Waals surface area contributed by atoms with Gasteiger partial charge in [-0.25, -0.2) is 0 Å². The lowest BCUT2D eigenvalue weighted by molar-refractivity contribution is 0.456. The van der Waals surface area contributed by atoms with E-state index < -0.39 is 0 Å². The molecule has 0 aliphatic heterocycles. The maximum Gasteiger partial charge on any atom is 0.0219 e. The first kappa shape index (κ1) is 18.6. The highest BCUT2D eigenvalue weighted by atomic mass is 15.1. The second-order valence-electron chi connectivity index (χ2n) is 5.03. The van der Waals surface area contributed by atoms with Gasteiger partial charge in [0.05, 0.1) is 0 Å². The molecule has 0 rings (SSSR count). The van der Waals surface area contributed by atoms with Crippen LogP contribution in [-0.4, -0.2) is 22.9 Å². The van der Waals surface area contributed by atoms with Crippen LogP contribution in [0.2, 0.25) is 0 Å². The first-order valence-corrected chi connectivity index (χ1v) is 7.80. The topological polar surface area (TPSA) is 6.48 Å². The molecule has 0 aliphatic rings. The van der Waals surface area contributed by atoms with Gasteiger partial charge in [-0.05, 0) is 37.6 Å². The average molecular weight is 276 g/mol. The molecule has 0 atom stereocenters. The maximum atomic E-state index is 3.75. The molecule has 2 heteroatoms. The van der Waals surface area contributed by atoms with Crippen molar-refractivity contribution in [2.75, 3.05) is 13.1 Å². The number of nitrogens with zero attached hydrogens (tertiary/aromatic N) is 2. The molecule has 0 amide bonds. The molecule has 0 aromatic rings. The van der Waals surface area contributed by atoms with E-state index in [1.165, 1.54) is 51.4 Å². The zero-order valence-corrected chi connectivity index (χ0v) is 13.1. The summed E-state index contributed by atoms with van der Waals surface area (Å²) in [6, 6.07) is 0. The molecule has 0 fully saturated rings. The third kappa shape index (κ3) is 10.5. The van der Waals surface area contributed by atoms with E-state index in [0.29, 0.717) is 0 Å². The Balaban J connectivity index is 3.24. The van der Waals surface area contributed by atoms with E-state index in [0.717, 1.165) is 13.1 Å². The Morgan fingerprint density at radius 1 is 0.450 bits per heavy atom. The van der Waals surface area contributed by atoms with Crippen molar-refractivity contribution in [3.8, 4) is 0 Å². The summed E-state index contributed by atoms with van der Waals surface area (Å²) in [5.74, 6) is 0. The van der Waals surface area contributed by atoms with Gasteiger partial charge < -0.3 is 9.80 Å². The molecule has 0 spiro atoms. The lowest BCUT2D eigenvalue weighted by atomic mass is 10.1. The van der Waals surface area contributed by atoms with Crippen molar-refractivity contribution in [2.24, 2.45) is 0 Å². The molecule has 0 N–H and O–H groups in total. The molecule has 114 valence electrons. The van der Waals surface area contributed by atoms with Crippen LogP contribution >= 0.6 is 0 Å². The van der Waals surface area contributed by atoms with Crippen LogP contribution in [0.15, 0.2) is 51.1 Å². The van der Waals surface area contributed by atoms with Gasteiger partial charge in [-0.1, -0.05) is 64.8 Å². The van der Waals surface area contributed by atoms with Crippen molar-refractivity contribution in [1.29, 1.82) is 0 Å². The SMILES string of the molecule is C=CN(C=C)CCCCCCCCCCN(C=C)C=C. The molecular weight excluding hydrogens is 244 g/mol. The number of rotatable bonds is 15. The molecule has 0 bridgehead atoms. The van der Waals surface area contributed by atoms with Crippen molar-refractivity contribution in [3.63, 3.8) is 0 Å². The van der Waals surface area contributed by atoms with Crippen LogP contribution in [0.1, 0.15) is 51.4 Å². The molecule has 0 radical (unpaired) electrons. The van der Waals surface area contributed by atoms with Crippen LogP contribution in [0.3, 0.4) is 0 Å². The van der Waals surface area contributed by atoms with Gasteiger partial charge in [0.1, 0.15) is 0 Å². The van der Waals surface area contributed by atoms with Gasteiger partial charge in [0, 0.05) is 13.1 Å². The highest BCUT2D eigenvalue weighted by Gasteiger charge is 1.96. The summed E-state index contributed by atoms with van der Waals surface area (Å²) >= 11 is 0. The second-order valence-corrected chi connectivity index (χ2v) is 5.03. The number of hydrogen-bond acceptors (Lipinski definition) is 2. The van der Waals surface area contributed by atoms with Crippen LogP contribution < -0.4 is 0 Å². The van der Waals surface area contributed by atoms with E-state index in [-0.39, 0.29) is 0 Å². The molecule has 0 saturated heterocycles. The van der Waals surface area contributed by atoms with Gasteiger partial charge in [-0.3, -0.25) is 0 Å². The van der Waals surface area contributed by atoms with E-state index in [4.69, 9.17) is 0 Å². The fourth-order valence-electron chi connectivity index (χ4n) is 2.16. The van der Waals surface area contributed by atoms with Gasteiger partial charge in [0.2, 0.25) is 0 Å². The third-order valence-electron chi connectivity index (χ3n) is 3.52. The number of unbranched alkanes of at least 4 members (excludes halogenated alkanes) is 7. The predicted molar refractivity (Wildman–Crippen MR) is 91.1 cm³/mol. The first-order chi connectivity index (χ1) is 9.78. The molecule has 0 aromatic heterocycles. The van der Waals surface area contributed by atoms with Crippen molar-refractivity contribution >= 4 is 0 Å². The molecule has 20 heavy (non-hydrogen) atoms. The Morgan fingerprint density at radius 3 is 0.950 bits per heavy atom. The molecular formula is C18H32N2. The van der Waals surface area contributed by atoms with Crippen LogP contribution in [0.4, 0.5) is 0 Å². The maximum absolute atomic E-state index is 3.75. The minimum atomic E-state index is 1.05. The Morgan fingerprint density at radius 2 is 0.700 bits per heavy atom. The Labute approximate surface area is 126 Å². The lowest BCUT2D eigenvalue weighted by Crippen LogP contribution is -2.09. The van der Waals surface area contributed by atoms with Crippen molar-refractivity contribution in [1.82, 2.24) is 9.80 Å². The van der Waals surface area contributed by atoms with Crippen LogP contribution in [0, 0.1) is 0 Å². The van der Waals surface area contributed by atoms with E-state index >= 15 is 0 Å². The van der Waals surface area contributed by atoms with E-state index in [2.05, 4.69) is 26.3 Å². The van der Waals surface area contributed by atoms with Crippen LogP contribution in [0.5, 0.6) is 0 Å². The highest BCUT2D eigenvalue weighted by molar-refractivity contribution is 4.80. The van der Waals surface area contributed by atoms with Gasteiger partial charge in [-0.15, -0.1) is 0 Å². The average Bonchev–Trinajstić information content (AvgIpc) is 2.49. The summed E-state index contributed by atoms with van der Waals surface area (Å²) in [6.45, 7) is 17.1. The predicted octanol–water partition coefficient (Wildman–Crippen LogP) is 5.29. The van der Waals surface area contributed by atoms with Crippen LogP contribution in [0.25, 0.3) is 0 Å². The standard InChI is InChI=1S/C18H32N2/c1-5-19(6-2)17-15-13-11-9-10-12-14-16-18-20(7-3)8-4/h5-8H,1-4,9-18H2. The Bertz CT molecular complexity index is 227. The van der Waals surface area contributed by atoms with Gasteiger partial charge in [0.25, 0.3) is 0 Å². The van der Waals surface area contributed by atoms with Gasteiger partial charge in [-0.2, -0.15) is 0 Å². The van der Waals surface area contributed by atoms with Crippen molar-refractivity contribution < 1.29 is 0 Å². The normalized spacial score (nSPS) is 9.80. The van der Waals surface area contributed by atoms with Gasteiger partial charge >= 0.3 is 0 Å². The van der Waals surface area contributed by atoms with Crippen molar-refractivity contribution in [2.45, 2.75) is 51.4 Å². The van der Waals surface area contributed by atoms with E-state index in [1.807, 2.05) is 34.6 Å². The molecule has 0 aromatic carbocycles. The third-order valence-corrected chi connectivity index (χ3v) is 3.52. The first-order valence-electron chi connectivity index (χ1n) is 7.80. The Kier molecular flexibility index (Phi) is 13.0. The van der Waals surface area contributed by atoms with Gasteiger partial charge in [0.15, 0.2) is 0 Å². The molecule has 0 aliphatic carbocycles. The molecule has 0 saturated carbocycles. The Hall–Kier alpha value is -1.44. The molecule has 2 nitrogen and oxygen atoms in total. The van der Waals surface area contributed by atoms with E-state index in [1.54, 1.807) is 0 Å². The minimum absolute atomic E-state index is 1.05. The second kappa shape index (κ2) is 14.0. The zero-order chi connectivity index (χ0) is 15.1. The summed E-state index contributed by atoms with van der Waals surface area (Å²) in [4.78, 5) is 4.09. The smallest absolute Gasteiger partial charge is 0.0219 e. The van der Waals surface area contributed by atoms with E-state index in [9.17, 15) is 0 Å². The lowest BCUT2D eigenvalue weighted by Gasteiger charge is -2.14. The quantitative estimate of drug-likeness (QED) is 0.375. The number of hydrogen-bond donors (Lipinski definition) is 0. The molecule has 0 unspecified atom stereocenters. The summed E-state index contributed by atoms with van der Waals surface area (Å²) in [5.41, 5.74) is 0. The monoisotopic (exact) mass is 276 g/mol.